The van der Waals surface area contributed by atoms with Crippen molar-refractivity contribution in [3.8, 4) is 11.4 Å². The van der Waals surface area contributed by atoms with E-state index in [0.29, 0.717) is 0 Å². The van der Waals surface area contributed by atoms with Crippen LogP contribution < -0.4 is 5.73 Å². The number of alkyl halides is 5. The Bertz CT molecular complexity index is 1070. The van der Waals surface area contributed by atoms with E-state index in [1.807, 2.05) is 0 Å². The van der Waals surface area contributed by atoms with Crippen molar-refractivity contribution in [3.63, 3.8) is 0 Å². The minimum Gasteiger partial charge on any atom is -0.472 e. The van der Waals surface area contributed by atoms with Crippen LogP contribution in [0.15, 0.2) is 23.0 Å². The zero-order valence-corrected chi connectivity index (χ0v) is 17.9. The summed E-state index contributed by atoms with van der Waals surface area (Å²) in [6.45, 7) is -1.15. The molecular formula is C21H22F5N5O3. The molecule has 1 fully saturated rings. The maximum atomic E-state index is 13.6. The maximum Gasteiger partial charge on any atom is 0.433 e. The zero-order valence-electron chi connectivity index (χ0n) is 17.9. The van der Waals surface area contributed by atoms with E-state index in [0.717, 1.165) is 4.90 Å². The van der Waals surface area contributed by atoms with Crippen LogP contribution in [0.3, 0.4) is 0 Å². The molecule has 13 heteroatoms. The van der Waals surface area contributed by atoms with E-state index in [-0.39, 0.29) is 61.5 Å². The van der Waals surface area contributed by atoms with Gasteiger partial charge in [0, 0.05) is 44.0 Å². The number of halogens is 5. The Balaban J connectivity index is 1.47. The molecule has 2 aliphatic rings. The first-order valence-corrected chi connectivity index (χ1v) is 10.6. The van der Waals surface area contributed by atoms with Crippen LogP contribution in [0.4, 0.5) is 22.0 Å². The van der Waals surface area contributed by atoms with Gasteiger partial charge in [-0.05, 0) is 12.5 Å². The van der Waals surface area contributed by atoms with Gasteiger partial charge >= 0.3 is 6.18 Å². The molecule has 0 saturated carbocycles. The molecule has 1 atom stereocenters. The molecular weight excluding hydrogens is 465 g/mol. The monoisotopic (exact) mass is 487 g/mol. The molecule has 0 aliphatic carbocycles. The second kappa shape index (κ2) is 8.93. The smallest absolute Gasteiger partial charge is 0.433 e. The number of carbonyl (C=O) groups is 2. The minimum absolute atomic E-state index is 0.00321. The number of hydrogen-bond donors (Lipinski definition) is 1. The molecule has 0 radical (unpaired) electrons. The summed E-state index contributed by atoms with van der Waals surface area (Å²) in [4.78, 5) is 34.9. The number of fused-ring (bicyclic) bond motifs is 1. The van der Waals surface area contributed by atoms with Crippen LogP contribution in [0, 0.1) is 0 Å². The fourth-order valence-corrected chi connectivity index (χ4v) is 4.16. The number of carbonyl (C=O) groups excluding carboxylic acids is 2. The van der Waals surface area contributed by atoms with Crippen molar-refractivity contribution < 1.29 is 36.0 Å². The summed E-state index contributed by atoms with van der Waals surface area (Å²) < 4.78 is 73.1. The van der Waals surface area contributed by atoms with Crippen molar-refractivity contribution in [2.24, 2.45) is 5.73 Å². The molecule has 2 aromatic rings. The molecule has 0 spiro atoms. The summed E-state index contributed by atoms with van der Waals surface area (Å²) in [6.07, 6.45) is -3.38. The first-order chi connectivity index (χ1) is 15.9. The Morgan fingerprint density at radius 3 is 2.71 bits per heavy atom. The fraction of sp³-hybridized carbons (Fsp3) is 0.524. The average Bonchev–Trinajstić information content (AvgIpc) is 3.29. The molecule has 34 heavy (non-hydrogen) atoms. The lowest BCUT2D eigenvalue weighted by atomic mass is 10.0. The number of furan rings is 1. The summed E-state index contributed by atoms with van der Waals surface area (Å²) in [7, 11) is 0. The van der Waals surface area contributed by atoms with E-state index in [4.69, 9.17) is 10.2 Å². The van der Waals surface area contributed by atoms with Crippen molar-refractivity contribution in [2.45, 2.75) is 50.4 Å². The number of hydrogen-bond acceptors (Lipinski definition) is 6. The third-order valence-electron chi connectivity index (χ3n) is 5.84. The molecule has 8 nitrogen and oxygen atoms in total. The summed E-state index contributed by atoms with van der Waals surface area (Å²) in [5.41, 5.74) is 5.16. The van der Waals surface area contributed by atoms with Crippen molar-refractivity contribution in [3.05, 3.63) is 35.5 Å². The highest BCUT2D eigenvalue weighted by atomic mass is 19.4. The van der Waals surface area contributed by atoms with Crippen molar-refractivity contribution in [1.29, 1.82) is 0 Å². The van der Waals surface area contributed by atoms with Crippen LogP contribution in [-0.4, -0.2) is 63.2 Å². The van der Waals surface area contributed by atoms with Gasteiger partial charge in [0.15, 0.2) is 11.5 Å². The normalized spacial score (nSPS) is 19.2. The Morgan fingerprint density at radius 2 is 2.03 bits per heavy atom. The van der Waals surface area contributed by atoms with E-state index in [1.54, 1.807) is 0 Å². The third kappa shape index (κ3) is 5.18. The van der Waals surface area contributed by atoms with Gasteiger partial charge < -0.3 is 20.0 Å². The predicted molar refractivity (Wildman–Crippen MR) is 107 cm³/mol. The number of aromatic nitrogens is 2. The fourth-order valence-electron chi connectivity index (χ4n) is 4.16. The molecule has 2 amide bonds. The van der Waals surface area contributed by atoms with E-state index in [9.17, 15) is 31.5 Å². The highest BCUT2D eigenvalue weighted by Crippen LogP contribution is 2.35. The zero-order chi connectivity index (χ0) is 24.7. The van der Waals surface area contributed by atoms with Crippen LogP contribution in [0.25, 0.3) is 11.4 Å². The Labute approximate surface area is 190 Å². The second-order valence-electron chi connectivity index (χ2n) is 8.49. The molecule has 0 bridgehead atoms. The predicted octanol–water partition coefficient (Wildman–Crippen LogP) is 2.62. The number of nitrogens with zero attached hydrogens (tertiary/aromatic N) is 4. The number of piperidine rings is 1. The SMILES string of the molecule is N[C@H](CC(=O)N1CCc2c(nc(-c3ccoc3)nc2C(F)(F)F)C1)CN1CC(F)(F)CCC1=O. The number of nitrogens with two attached hydrogens (primary N) is 1. The molecule has 0 aromatic carbocycles. The molecule has 1 saturated heterocycles. The van der Waals surface area contributed by atoms with E-state index >= 15 is 0 Å². The molecule has 2 aliphatic heterocycles. The first kappa shape index (κ1) is 24.0. The Kier molecular flexibility index (Phi) is 6.32. The van der Waals surface area contributed by atoms with Crippen LogP contribution in [0.1, 0.15) is 36.2 Å². The maximum absolute atomic E-state index is 13.6. The average molecular weight is 487 g/mol. The van der Waals surface area contributed by atoms with Gasteiger partial charge in [-0.1, -0.05) is 0 Å². The number of rotatable bonds is 5. The highest BCUT2D eigenvalue weighted by molar-refractivity contribution is 5.78. The van der Waals surface area contributed by atoms with Gasteiger partial charge in [-0.3, -0.25) is 9.59 Å². The Morgan fingerprint density at radius 1 is 1.26 bits per heavy atom. The summed E-state index contributed by atoms with van der Waals surface area (Å²) in [5, 5.41) is 0. The first-order valence-electron chi connectivity index (χ1n) is 10.6. The molecule has 4 heterocycles. The lowest BCUT2D eigenvalue weighted by molar-refractivity contribution is -0.148. The lowest BCUT2D eigenvalue weighted by Gasteiger charge is -2.34. The molecule has 2 N–H and O–H groups in total. The van der Waals surface area contributed by atoms with Crippen molar-refractivity contribution in [1.82, 2.24) is 19.8 Å². The Hall–Kier alpha value is -3.09. The van der Waals surface area contributed by atoms with Crippen LogP contribution in [-0.2, 0) is 28.7 Å². The lowest BCUT2D eigenvalue weighted by Crippen LogP contribution is -2.51. The topological polar surface area (TPSA) is 106 Å². The molecule has 184 valence electrons. The van der Waals surface area contributed by atoms with Gasteiger partial charge in [0.25, 0.3) is 5.92 Å². The number of likely N-dealkylation sites (tertiary alicyclic amines) is 1. The van der Waals surface area contributed by atoms with E-state index in [2.05, 4.69) is 9.97 Å². The highest BCUT2D eigenvalue weighted by Gasteiger charge is 2.41. The standard InChI is InChI=1S/C21H22F5N5O3/c22-20(23)4-1-16(32)31(11-20)8-13(27)7-17(33)30-5-2-14-15(9-30)28-19(12-3-6-34-10-12)29-18(14)21(24,25)26/h3,6,10,13H,1-2,4-5,7-9,11,27H2/t13-/m1/s1. The van der Waals surface area contributed by atoms with Gasteiger partial charge in [-0.15, -0.1) is 0 Å². The molecule has 4 rings (SSSR count). The van der Waals surface area contributed by atoms with Gasteiger partial charge in [-0.2, -0.15) is 13.2 Å². The van der Waals surface area contributed by atoms with Crippen LogP contribution in [0.5, 0.6) is 0 Å². The van der Waals surface area contributed by atoms with Gasteiger partial charge in [-0.25, -0.2) is 18.7 Å². The molecule has 0 unspecified atom stereocenters. The van der Waals surface area contributed by atoms with E-state index in [1.165, 1.54) is 23.5 Å². The van der Waals surface area contributed by atoms with E-state index < -0.39 is 48.6 Å². The quantitative estimate of drug-likeness (QED) is 0.651. The largest absolute Gasteiger partial charge is 0.472 e. The summed E-state index contributed by atoms with van der Waals surface area (Å²) in [6, 6.07) is 0.530. The summed E-state index contributed by atoms with van der Waals surface area (Å²) >= 11 is 0. The second-order valence-corrected chi connectivity index (χ2v) is 8.49. The van der Waals surface area contributed by atoms with Crippen LogP contribution in [0.2, 0.25) is 0 Å². The summed E-state index contributed by atoms with van der Waals surface area (Å²) in [5.74, 6) is -4.10. The van der Waals surface area contributed by atoms with Gasteiger partial charge in [0.1, 0.15) is 6.26 Å². The third-order valence-corrected chi connectivity index (χ3v) is 5.84. The van der Waals surface area contributed by atoms with Crippen LogP contribution >= 0.6 is 0 Å². The van der Waals surface area contributed by atoms with Gasteiger partial charge in [0.2, 0.25) is 11.8 Å². The van der Waals surface area contributed by atoms with Crippen molar-refractivity contribution in [2.75, 3.05) is 19.6 Å². The minimum atomic E-state index is -4.71. The van der Waals surface area contributed by atoms with Gasteiger partial charge in [0.05, 0.1) is 30.6 Å². The number of amides is 2. The molecule has 2 aromatic heterocycles. The van der Waals surface area contributed by atoms with Crippen molar-refractivity contribution >= 4 is 11.8 Å².